The van der Waals surface area contributed by atoms with Crippen LogP contribution >= 0.6 is 0 Å². The monoisotopic (exact) mass is 325 g/mol. The molecule has 0 radical (unpaired) electrons. The highest BCUT2D eigenvalue weighted by molar-refractivity contribution is 7.89. The van der Waals surface area contributed by atoms with E-state index >= 15 is 0 Å². The molecule has 0 bridgehead atoms. The molecule has 3 N–H and O–H groups in total. The van der Waals surface area contributed by atoms with Gasteiger partial charge in [-0.1, -0.05) is 30.3 Å². The third kappa shape index (κ3) is 3.50. The summed E-state index contributed by atoms with van der Waals surface area (Å²) < 4.78 is 26.0. The summed E-state index contributed by atoms with van der Waals surface area (Å²) in [4.78, 5) is 26.1. The Morgan fingerprint density at radius 3 is 2.41 bits per heavy atom. The lowest BCUT2D eigenvalue weighted by molar-refractivity contribution is 0.251. The van der Waals surface area contributed by atoms with Crippen LogP contribution in [0, 0.1) is 0 Å². The van der Waals surface area contributed by atoms with Crippen LogP contribution in [-0.2, 0) is 16.6 Å². The van der Waals surface area contributed by atoms with Crippen molar-refractivity contribution in [2.24, 2.45) is 0 Å². The van der Waals surface area contributed by atoms with E-state index < -0.39 is 32.8 Å². The number of aliphatic hydroxyl groups excluding tert-OH is 1. The minimum absolute atomic E-state index is 0.00228. The number of H-pyrrole nitrogens is 2. The molecule has 0 amide bonds. The second kappa shape index (κ2) is 6.69. The fourth-order valence-corrected chi connectivity index (χ4v) is 3.32. The minimum atomic E-state index is -4.15. The summed E-state index contributed by atoms with van der Waals surface area (Å²) in [5.74, 6) is 0. The first kappa shape index (κ1) is 16.1. The minimum Gasteiger partial charge on any atom is -0.395 e. The molecule has 1 aromatic heterocycles. The molecule has 118 valence electrons. The molecule has 2 rings (SSSR count). The number of hydrogen-bond donors (Lipinski definition) is 3. The molecule has 0 atom stereocenters. The molecule has 9 heteroatoms. The van der Waals surface area contributed by atoms with Crippen LogP contribution in [0.3, 0.4) is 0 Å². The van der Waals surface area contributed by atoms with E-state index in [1.807, 2.05) is 4.98 Å². The predicted octanol–water partition coefficient (Wildman–Crippen LogP) is -0.754. The zero-order chi connectivity index (χ0) is 16.2. The molecular formula is C13H15N3O5S. The molecule has 0 fully saturated rings. The van der Waals surface area contributed by atoms with E-state index in [0.717, 1.165) is 10.5 Å². The van der Waals surface area contributed by atoms with Crippen LogP contribution in [0.15, 0.2) is 51.0 Å². The Balaban J connectivity index is 2.42. The topological polar surface area (TPSA) is 123 Å². The zero-order valence-electron chi connectivity index (χ0n) is 11.5. The van der Waals surface area contributed by atoms with E-state index in [1.54, 1.807) is 30.3 Å². The van der Waals surface area contributed by atoms with Gasteiger partial charge in [0.25, 0.3) is 5.56 Å². The second-order valence-electron chi connectivity index (χ2n) is 4.48. The SMILES string of the molecule is O=c1[nH]cc(S(=O)(=O)N(CCO)Cc2ccccc2)c(=O)[nH]1. The molecular weight excluding hydrogens is 310 g/mol. The number of nitrogens with zero attached hydrogens (tertiary/aromatic N) is 1. The molecule has 0 aliphatic heterocycles. The van der Waals surface area contributed by atoms with Crippen LogP contribution in [0.5, 0.6) is 0 Å². The van der Waals surface area contributed by atoms with Gasteiger partial charge in [0, 0.05) is 19.3 Å². The summed E-state index contributed by atoms with van der Waals surface area (Å²) in [5, 5.41) is 9.09. The average Bonchev–Trinajstić information content (AvgIpc) is 2.47. The van der Waals surface area contributed by atoms with Crippen molar-refractivity contribution in [1.29, 1.82) is 0 Å². The third-order valence-electron chi connectivity index (χ3n) is 2.95. The summed E-state index contributed by atoms with van der Waals surface area (Å²) in [6.45, 7) is -0.564. The number of nitrogens with one attached hydrogen (secondary N) is 2. The van der Waals surface area contributed by atoms with Crippen molar-refractivity contribution >= 4 is 10.0 Å². The smallest absolute Gasteiger partial charge is 0.325 e. The standard InChI is InChI=1S/C13H15N3O5S/c17-7-6-16(9-10-4-2-1-3-5-10)22(20,21)11-8-14-13(19)15-12(11)18/h1-5,8,17H,6-7,9H2,(H2,14,15,18,19). The fraction of sp³-hybridized carbons (Fsp3) is 0.231. The summed E-state index contributed by atoms with van der Waals surface area (Å²) >= 11 is 0. The summed E-state index contributed by atoms with van der Waals surface area (Å²) in [5.41, 5.74) is -1.08. The number of hydrogen-bond acceptors (Lipinski definition) is 5. The van der Waals surface area contributed by atoms with Crippen molar-refractivity contribution in [1.82, 2.24) is 14.3 Å². The van der Waals surface area contributed by atoms with Gasteiger partial charge in [0.15, 0.2) is 4.90 Å². The summed E-state index contributed by atoms with van der Waals surface area (Å²) in [7, 11) is -4.15. The first-order valence-corrected chi connectivity index (χ1v) is 7.86. The van der Waals surface area contributed by atoms with Crippen molar-refractivity contribution in [3.05, 3.63) is 62.9 Å². The molecule has 0 aliphatic carbocycles. The Hall–Kier alpha value is -2.23. The number of sulfonamides is 1. The highest BCUT2D eigenvalue weighted by Gasteiger charge is 2.27. The van der Waals surface area contributed by atoms with E-state index in [9.17, 15) is 18.0 Å². The Labute approximate surface area is 126 Å². The second-order valence-corrected chi connectivity index (χ2v) is 6.39. The van der Waals surface area contributed by atoms with E-state index in [-0.39, 0.29) is 13.1 Å². The number of aromatic amines is 2. The van der Waals surface area contributed by atoms with Gasteiger partial charge in [-0.3, -0.25) is 9.78 Å². The van der Waals surface area contributed by atoms with Crippen molar-refractivity contribution in [3.8, 4) is 0 Å². The van der Waals surface area contributed by atoms with Crippen LogP contribution in [0.2, 0.25) is 0 Å². The summed E-state index contributed by atoms with van der Waals surface area (Å²) in [6, 6.07) is 8.77. The maximum absolute atomic E-state index is 12.5. The summed E-state index contributed by atoms with van der Waals surface area (Å²) in [6.07, 6.45) is 0.853. The van der Waals surface area contributed by atoms with Crippen molar-refractivity contribution in [2.45, 2.75) is 11.4 Å². The van der Waals surface area contributed by atoms with Crippen LogP contribution < -0.4 is 11.2 Å². The Kier molecular flexibility index (Phi) is 4.91. The van der Waals surface area contributed by atoms with Gasteiger partial charge in [-0.2, -0.15) is 4.31 Å². The average molecular weight is 325 g/mol. The Bertz CT molecular complexity index is 842. The van der Waals surface area contributed by atoms with Gasteiger partial charge in [-0.05, 0) is 5.56 Å². The number of aromatic nitrogens is 2. The van der Waals surface area contributed by atoms with Crippen molar-refractivity contribution in [3.63, 3.8) is 0 Å². The maximum atomic E-state index is 12.5. The highest BCUT2D eigenvalue weighted by Crippen LogP contribution is 2.14. The van der Waals surface area contributed by atoms with Gasteiger partial charge in [0.05, 0.1) is 6.61 Å². The van der Waals surface area contributed by atoms with Gasteiger partial charge in [0.2, 0.25) is 10.0 Å². The lowest BCUT2D eigenvalue weighted by Crippen LogP contribution is -2.37. The molecule has 0 spiro atoms. The molecule has 0 saturated carbocycles. The van der Waals surface area contributed by atoms with Crippen LogP contribution in [0.25, 0.3) is 0 Å². The first-order chi connectivity index (χ1) is 10.4. The maximum Gasteiger partial charge on any atom is 0.325 e. The molecule has 22 heavy (non-hydrogen) atoms. The van der Waals surface area contributed by atoms with Crippen LogP contribution in [0.1, 0.15) is 5.56 Å². The van der Waals surface area contributed by atoms with Gasteiger partial charge in [0.1, 0.15) is 0 Å². The van der Waals surface area contributed by atoms with Crippen molar-refractivity contribution < 1.29 is 13.5 Å². The number of rotatable bonds is 6. The molecule has 0 saturated heterocycles. The highest BCUT2D eigenvalue weighted by atomic mass is 32.2. The third-order valence-corrected chi connectivity index (χ3v) is 4.80. The Morgan fingerprint density at radius 1 is 1.14 bits per heavy atom. The van der Waals surface area contributed by atoms with Gasteiger partial charge in [-0.25, -0.2) is 13.2 Å². The Morgan fingerprint density at radius 2 is 1.82 bits per heavy atom. The number of benzene rings is 1. The molecule has 0 aliphatic rings. The van der Waals surface area contributed by atoms with E-state index in [2.05, 4.69) is 4.98 Å². The fourth-order valence-electron chi connectivity index (χ4n) is 1.91. The number of aliphatic hydroxyl groups is 1. The molecule has 0 unspecified atom stereocenters. The molecule has 1 aromatic carbocycles. The lowest BCUT2D eigenvalue weighted by Gasteiger charge is -2.20. The molecule has 2 aromatic rings. The zero-order valence-corrected chi connectivity index (χ0v) is 12.3. The molecule has 1 heterocycles. The van der Waals surface area contributed by atoms with E-state index in [1.165, 1.54) is 0 Å². The van der Waals surface area contributed by atoms with Crippen molar-refractivity contribution in [2.75, 3.05) is 13.2 Å². The lowest BCUT2D eigenvalue weighted by atomic mass is 10.2. The van der Waals surface area contributed by atoms with E-state index in [4.69, 9.17) is 5.11 Å². The molecule has 8 nitrogen and oxygen atoms in total. The van der Waals surface area contributed by atoms with Gasteiger partial charge in [-0.15, -0.1) is 0 Å². The van der Waals surface area contributed by atoms with E-state index in [0.29, 0.717) is 5.56 Å². The quantitative estimate of drug-likeness (QED) is 0.644. The predicted molar refractivity (Wildman–Crippen MR) is 78.8 cm³/mol. The largest absolute Gasteiger partial charge is 0.395 e. The van der Waals surface area contributed by atoms with Crippen LogP contribution in [-0.4, -0.2) is 40.9 Å². The van der Waals surface area contributed by atoms with Crippen LogP contribution in [0.4, 0.5) is 0 Å². The van der Waals surface area contributed by atoms with Gasteiger partial charge >= 0.3 is 5.69 Å². The first-order valence-electron chi connectivity index (χ1n) is 6.42. The van der Waals surface area contributed by atoms with Gasteiger partial charge < -0.3 is 10.1 Å². The normalized spacial score (nSPS) is 11.7.